The normalized spacial score (nSPS) is 19.9. The molecule has 0 aromatic heterocycles. The van der Waals surface area contributed by atoms with Crippen molar-refractivity contribution in [2.75, 3.05) is 0 Å². The van der Waals surface area contributed by atoms with Gasteiger partial charge in [-0.2, -0.15) is 0 Å². The Morgan fingerprint density at radius 1 is 1.43 bits per heavy atom. The molecule has 1 atom stereocenters. The van der Waals surface area contributed by atoms with Gasteiger partial charge in [0.25, 0.3) is 0 Å². The molecule has 1 heterocycles. The largest absolute Gasteiger partial charge is 0.306 e. The minimum atomic E-state index is 0.461. The van der Waals surface area contributed by atoms with Crippen LogP contribution < -0.4 is 5.32 Å². The topological polar surface area (TPSA) is 12.0 Å². The molecule has 0 fully saturated rings. The maximum absolute atomic E-state index is 5.28. The molecule has 1 N–H and O–H groups in total. The summed E-state index contributed by atoms with van der Waals surface area (Å²) in [5.74, 6) is 0. The Balaban J connectivity index is 2.10. The molecular weight excluding hydrogens is 170 g/mol. The molecule has 0 saturated carbocycles. The van der Waals surface area contributed by atoms with Gasteiger partial charge in [-0.15, -0.1) is 0 Å². The molecule has 1 unspecified atom stereocenters. The lowest BCUT2D eigenvalue weighted by Gasteiger charge is -2.08. The molecule has 0 aliphatic carbocycles. The Morgan fingerprint density at radius 2 is 2.29 bits per heavy atom. The van der Waals surface area contributed by atoms with Crippen molar-refractivity contribution in [3.05, 3.63) is 60.2 Å². The van der Waals surface area contributed by atoms with Gasteiger partial charge < -0.3 is 5.32 Å². The van der Waals surface area contributed by atoms with Gasteiger partial charge in [-0.1, -0.05) is 49.1 Å². The van der Waals surface area contributed by atoms with E-state index in [0.29, 0.717) is 6.04 Å². The smallest absolute Gasteiger partial charge is 0.0361 e. The van der Waals surface area contributed by atoms with E-state index < -0.39 is 0 Å². The van der Waals surface area contributed by atoms with Gasteiger partial charge in [0.2, 0.25) is 0 Å². The fraction of sp³-hybridized carbons (Fsp3) is 0.231. The quantitative estimate of drug-likeness (QED) is 0.712. The van der Waals surface area contributed by atoms with Gasteiger partial charge in [0.05, 0.1) is 0 Å². The molecule has 2 rings (SSSR count). The standard InChI is InChI=1S/C13H14N/c1-2-3-4-9-13-12-8-6-5-7-11(12)10-14-13/h1-8,13-14H,9-10H2/b2-1?,4-3+. The number of nitrogens with one attached hydrogen (secondary N) is 1. The Morgan fingerprint density at radius 3 is 3.14 bits per heavy atom. The highest BCUT2D eigenvalue weighted by molar-refractivity contribution is 5.34. The number of hydrogen-bond donors (Lipinski definition) is 1. The van der Waals surface area contributed by atoms with Crippen LogP contribution in [0.1, 0.15) is 23.6 Å². The van der Waals surface area contributed by atoms with Crippen LogP contribution in [0.25, 0.3) is 0 Å². The minimum absolute atomic E-state index is 0.461. The van der Waals surface area contributed by atoms with Gasteiger partial charge in [-0.25, -0.2) is 0 Å². The van der Waals surface area contributed by atoms with Crippen LogP contribution in [-0.4, -0.2) is 0 Å². The van der Waals surface area contributed by atoms with E-state index in [4.69, 9.17) is 6.58 Å². The summed E-state index contributed by atoms with van der Waals surface area (Å²) in [5, 5.41) is 3.47. The second-order valence-electron chi connectivity index (χ2n) is 3.49. The zero-order chi connectivity index (χ0) is 9.80. The molecule has 1 aromatic carbocycles. The number of hydrogen-bond acceptors (Lipinski definition) is 1. The molecule has 71 valence electrons. The first-order valence-electron chi connectivity index (χ1n) is 4.93. The Labute approximate surface area is 85.2 Å². The first-order valence-corrected chi connectivity index (χ1v) is 4.93. The van der Waals surface area contributed by atoms with Crippen LogP contribution in [0.2, 0.25) is 0 Å². The Bertz CT molecular complexity index is 352. The molecule has 0 bridgehead atoms. The van der Waals surface area contributed by atoms with Crippen molar-refractivity contribution < 1.29 is 0 Å². The molecule has 1 aromatic rings. The van der Waals surface area contributed by atoms with Crippen LogP contribution in [0.15, 0.2) is 42.5 Å². The van der Waals surface area contributed by atoms with Crippen molar-refractivity contribution in [2.45, 2.75) is 19.0 Å². The van der Waals surface area contributed by atoms with E-state index in [9.17, 15) is 0 Å². The van der Waals surface area contributed by atoms with Gasteiger partial charge in [0.1, 0.15) is 0 Å². The van der Waals surface area contributed by atoms with Crippen molar-refractivity contribution in [3.63, 3.8) is 0 Å². The molecular formula is C13H14N. The summed E-state index contributed by atoms with van der Waals surface area (Å²) in [6.45, 7) is 6.26. The van der Waals surface area contributed by atoms with E-state index in [0.717, 1.165) is 13.0 Å². The third kappa shape index (κ3) is 1.78. The van der Waals surface area contributed by atoms with E-state index in [2.05, 4.69) is 35.7 Å². The number of rotatable bonds is 3. The molecule has 1 nitrogen and oxygen atoms in total. The lowest BCUT2D eigenvalue weighted by atomic mass is 10.0. The number of allylic oxidation sites excluding steroid dienone is 2. The van der Waals surface area contributed by atoms with Crippen molar-refractivity contribution in [3.8, 4) is 0 Å². The molecule has 0 amide bonds. The summed E-state index contributed by atoms with van der Waals surface area (Å²) < 4.78 is 0. The van der Waals surface area contributed by atoms with Crippen LogP contribution in [0.3, 0.4) is 0 Å². The second-order valence-corrected chi connectivity index (χ2v) is 3.49. The average molecular weight is 184 g/mol. The third-order valence-corrected chi connectivity index (χ3v) is 2.59. The van der Waals surface area contributed by atoms with Crippen molar-refractivity contribution in [1.29, 1.82) is 0 Å². The zero-order valence-corrected chi connectivity index (χ0v) is 8.11. The van der Waals surface area contributed by atoms with Gasteiger partial charge in [0.15, 0.2) is 0 Å². The number of fused-ring (bicyclic) bond motifs is 1. The van der Waals surface area contributed by atoms with E-state index in [1.807, 2.05) is 6.08 Å². The summed E-state index contributed by atoms with van der Waals surface area (Å²) in [6.07, 6.45) is 6.56. The van der Waals surface area contributed by atoms with Crippen molar-refractivity contribution in [1.82, 2.24) is 5.32 Å². The average Bonchev–Trinajstić information content (AvgIpc) is 2.63. The van der Waals surface area contributed by atoms with Crippen LogP contribution in [-0.2, 0) is 6.54 Å². The molecule has 0 spiro atoms. The highest BCUT2D eigenvalue weighted by atomic mass is 14.9. The molecule has 0 saturated heterocycles. The SMILES string of the molecule is [CH]=C/C=C/CC1NCc2ccccc21. The second kappa shape index (κ2) is 4.25. The molecule has 1 aliphatic rings. The van der Waals surface area contributed by atoms with Crippen molar-refractivity contribution >= 4 is 0 Å². The fourth-order valence-electron chi connectivity index (χ4n) is 1.88. The summed E-state index contributed by atoms with van der Waals surface area (Å²) >= 11 is 0. The predicted octanol–water partition coefficient (Wildman–Crippen LogP) is 2.77. The van der Waals surface area contributed by atoms with Crippen LogP contribution in [0.4, 0.5) is 0 Å². The third-order valence-electron chi connectivity index (χ3n) is 2.59. The van der Waals surface area contributed by atoms with E-state index in [-0.39, 0.29) is 0 Å². The molecule has 1 radical (unpaired) electrons. The van der Waals surface area contributed by atoms with Gasteiger partial charge >= 0.3 is 0 Å². The lowest BCUT2D eigenvalue weighted by Crippen LogP contribution is -2.10. The van der Waals surface area contributed by atoms with Crippen LogP contribution in [0.5, 0.6) is 0 Å². The molecule has 1 aliphatic heterocycles. The van der Waals surface area contributed by atoms with E-state index in [1.165, 1.54) is 11.1 Å². The Hall–Kier alpha value is -1.34. The first kappa shape index (κ1) is 9.22. The number of benzene rings is 1. The summed E-state index contributed by atoms with van der Waals surface area (Å²) in [7, 11) is 0. The highest BCUT2D eigenvalue weighted by Crippen LogP contribution is 2.27. The molecule has 14 heavy (non-hydrogen) atoms. The van der Waals surface area contributed by atoms with E-state index >= 15 is 0 Å². The van der Waals surface area contributed by atoms with Crippen LogP contribution >= 0.6 is 0 Å². The predicted molar refractivity (Wildman–Crippen MR) is 58.6 cm³/mol. The fourth-order valence-corrected chi connectivity index (χ4v) is 1.88. The van der Waals surface area contributed by atoms with Crippen LogP contribution in [0, 0.1) is 6.58 Å². The Kier molecular flexibility index (Phi) is 2.80. The van der Waals surface area contributed by atoms with E-state index in [1.54, 1.807) is 6.08 Å². The monoisotopic (exact) mass is 184 g/mol. The lowest BCUT2D eigenvalue weighted by molar-refractivity contribution is 0.591. The molecule has 1 heteroatoms. The summed E-state index contributed by atoms with van der Waals surface area (Å²) in [4.78, 5) is 0. The minimum Gasteiger partial charge on any atom is -0.306 e. The van der Waals surface area contributed by atoms with Gasteiger partial charge in [-0.05, 0) is 17.5 Å². The first-order chi connectivity index (χ1) is 6.92. The van der Waals surface area contributed by atoms with Gasteiger partial charge in [0, 0.05) is 12.6 Å². The maximum Gasteiger partial charge on any atom is 0.0361 e. The summed E-state index contributed by atoms with van der Waals surface area (Å²) in [5.41, 5.74) is 2.84. The van der Waals surface area contributed by atoms with Gasteiger partial charge in [-0.3, -0.25) is 0 Å². The maximum atomic E-state index is 5.28. The highest BCUT2D eigenvalue weighted by Gasteiger charge is 2.19. The zero-order valence-electron chi connectivity index (χ0n) is 8.11. The van der Waals surface area contributed by atoms with Crippen molar-refractivity contribution in [2.24, 2.45) is 0 Å². The summed E-state index contributed by atoms with van der Waals surface area (Å²) in [6, 6.07) is 9.02.